The minimum atomic E-state index is -4.33. The van der Waals surface area contributed by atoms with Crippen molar-refractivity contribution < 1.29 is 17.7 Å². The summed E-state index contributed by atoms with van der Waals surface area (Å²) < 4.78 is 42.7. The van der Waals surface area contributed by atoms with E-state index in [1.807, 2.05) is 0 Å². The number of benzene rings is 1. The quantitative estimate of drug-likeness (QED) is 0.848. The van der Waals surface area contributed by atoms with Crippen molar-refractivity contribution in [3.05, 3.63) is 47.6 Å². The van der Waals surface area contributed by atoms with Gasteiger partial charge in [0.2, 0.25) is 6.39 Å². The van der Waals surface area contributed by atoms with Crippen LogP contribution >= 0.6 is 0 Å². The van der Waals surface area contributed by atoms with E-state index >= 15 is 0 Å². The maximum atomic E-state index is 12.7. The molecule has 0 radical (unpaired) electrons. The zero-order chi connectivity index (χ0) is 13.7. The molecule has 0 bridgehead atoms. The van der Waals surface area contributed by atoms with Gasteiger partial charge in [-0.1, -0.05) is 23.4 Å². The van der Waals surface area contributed by atoms with E-state index in [1.54, 1.807) is 6.07 Å². The van der Waals surface area contributed by atoms with Crippen LogP contribution in [0.3, 0.4) is 0 Å². The predicted octanol–water partition coefficient (Wildman–Crippen LogP) is 2.42. The van der Waals surface area contributed by atoms with Gasteiger partial charge >= 0.3 is 6.18 Å². The molecule has 4 nitrogen and oxygen atoms in total. The monoisotopic (exact) mass is 271 g/mol. The smallest absolute Gasteiger partial charge is 0.343 e. The topological polar surface area (TPSA) is 51.0 Å². The number of nitrogens with one attached hydrogen (secondary N) is 1. The average Bonchev–Trinajstić information content (AvgIpc) is 2.87. The predicted molar refractivity (Wildman–Crippen MR) is 61.2 cm³/mol. The van der Waals surface area contributed by atoms with Crippen LogP contribution in [0.4, 0.5) is 13.2 Å². The number of rotatable bonds is 5. The molecule has 0 aliphatic rings. The van der Waals surface area contributed by atoms with E-state index in [-0.39, 0.29) is 12.1 Å². The van der Waals surface area contributed by atoms with Gasteiger partial charge in [0.15, 0.2) is 5.82 Å². The molecular formula is C12H12F3N3O. The highest BCUT2D eigenvalue weighted by Crippen LogP contribution is 2.31. The molecule has 2 rings (SSSR count). The summed E-state index contributed by atoms with van der Waals surface area (Å²) in [6.07, 6.45) is -2.61. The molecule has 0 aliphatic heterocycles. The summed E-state index contributed by atoms with van der Waals surface area (Å²) in [6.45, 7) is 0.624. The molecule has 1 heterocycles. The number of halogens is 3. The van der Waals surface area contributed by atoms with Gasteiger partial charge in [-0.25, -0.2) is 0 Å². The Hall–Kier alpha value is -1.89. The van der Waals surface area contributed by atoms with Gasteiger partial charge in [-0.3, -0.25) is 0 Å². The van der Waals surface area contributed by atoms with Gasteiger partial charge in [-0.05, 0) is 11.6 Å². The largest absolute Gasteiger partial charge is 0.416 e. The Labute approximate surface area is 107 Å². The van der Waals surface area contributed by atoms with Crippen LogP contribution in [-0.2, 0) is 19.1 Å². The summed E-state index contributed by atoms with van der Waals surface area (Å²) >= 11 is 0. The number of alkyl halides is 3. The first-order valence-electron chi connectivity index (χ1n) is 5.68. The van der Waals surface area contributed by atoms with Gasteiger partial charge in [0.05, 0.1) is 5.56 Å². The molecule has 1 N–H and O–H groups in total. The second-order valence-corrected chi connectivity index (χ2v) is 3.93. The van der Waals surface area contributed by atoms with Gasteiger partial charge in [0, 0.05) is 19.5 Å². The molecule has 7 heteroatoms. The van der Waals surface area contributed by atoms with Gasteiger partial charge in [0.1, 0.15) is 0 Å². The Morgan fingerprint density at radius 2 is 2.00 bits per heavy atom. The number of hydrogen-bond acceptors (Lipinski definition) is 4. The van der Waals surface area contributed by atoms with Crippen LogP contribution in [-0.4, -0.2) is 16.7 Å². The summed E-state index contributed by atoms with van der Waals surface area (Å²) in [7, 11) is 0. The Morgan fingerprint density at radius 1 is 1.21 bits per heavy atom. The van der Waals surface area contributed by atoms with E-state index < -0.39 is 11.7 Å². The maximum Gasteiger partial charge on any atom is 0.416 e. The number of nitrogens with zero attached hydrogens (tertiary/aromatic N) is 2. The summed E-state index contributed by atoms with van der Waals surface area (Å²) in [4.78, 5) is 3.82. The van der Waals surface area contributed by atoms with Gasteiger partial charge in [0.25, 0.3) is 0 Å². The van der Waals surface area contributed by atoms with Crippen LogP contribution in [0.25, 0.3) is 0 Å². The molecule has 2 aromatic rings. The van der Waals surface area contributed by atoms with E-state index in [0.717, 1.165) is 6.07 Å². The first-order valence-corrected chi connectivity index (χ1v) is 5.68. The molecular weight excluding hydrogens is 259 g/mol. The Bertz CT molecular complexity index is 511. The number of hydrogen-bond donors (Lipinski definition) is 1. The molecule has 19 heavy (non-hydrogen) atoms. The van der Waals surface area contributed by atoms with Crippen molar-refractivity contribution in [3.63, 3.8) is 0 Å². The molecule has 0 fully saturated rings. The highest BCUT2D eigenvalue weighted by Gasteiger charge is 2.32. The fourth-order valence-electron chi connectivity index (χ4n) is 1.68. The lowest BCUT2D eigenvalue weighted by molar-refractivity contribution is -0.138. The van der Waals surface area contributed by atoms with Crippen molar-refractivity contribution in [2.45, 2.75) is 19.1 Å². The van der Waals surface area contributed by atoms with Crippen molar-refractivity contribution in [1.29, 1.82) is 0 Å². The maximum absolute atomic E-state index is 12.7. The zero-order valence-electron chi connectivity index (χ0n) is 9.94. The van der Waals surface area contributed by atoms with Crippen LogP contribution < -0.4 is 5.32 Å². The van der Waals surface area contributed by atoms with Gasteiger partial charge in [-0.15, -0.1) is 0 Å². The summed E-state index contributed by atoms with van der Waals surface area (Å²) in [5, 5.41) is 6.54. The molecule has 0 spiro atoms. The van der Waals surface area contributed by atoms with E-state index in [2.05, 4.69) is 20.0 Å². The molecule has 1 aromatic heterocycles. The van der Waals surface area contributed by atoms with Gasteiger partial charge in [-0.2, -0.15) is 18.2 Å². The van der Waals surface area contributed by atoms with Crippen molar-refractivity contribution in [1.82, 2.24) is 15.5 Å². The molecule has 0 saturated heterocycles. The Balaban J connectivity index is 1.89. The Kier molecular flexibility index (Phi) is 4.16. The average molecular weight is 271 g/mol. The zero-order valence-corrected chi connectivity index (χ0v) is 9.94. The lowest BCUT2D eigenvalue weighted by atomic mass is 10.1. The van der Waals surface area contributed by atoms with Crippen LogP contribution in [0.15, 0.2) is 35.2 Å². The van der Waals surface area contributed by atoms with E-state index in [1.165, 1.54) is 18.5 Å². The summed E-state index contributed by atoms with van der Waals surface area (Å²) in [5.74, 6) is 0.525. The molecule has 0 saturated carbocycles. The highest BCUT2D eigenvalue weighted by molar-refractivity contribution is 5.29. The van der Waals surface area contributed by atoms with E-state index in [0.29, 0.717) is 18.8 Å². The summed E-state index contributed by atoms with van der Waals surface area (Å²) in [6, 6.07) is 5.51. The molecule has 0 unspecified atom stereocenters. The van der Waals surface area contributed by atoms with Crippen LogP contribution in [0.5, 0.6) is 0 Å². The molecule has 0 aliphatic carbocycles. The normalized spacial score (nSPS) is 11.7. The molecule has 0 amide bonds. The first kappa shape index (κ1) is 13.5. The third-order valence-electron chi connectivity index (χ3n) is 2.57. The second kappa shape index (κ2) is 5.83. The highest BCUT2D eigenvalue weighted by atomic mass is 19.4. The first-order chi connectivity index (χ1) is 9.07. The SMILES string of the molecule is FC(F)(F)c1ccccc1CNCCc1ncon1. The van der Waals surface area contributed by atoms with Crippen LogP contribution in [0, 0.1) is 0 Å². The fraction of sp³-hybridized carbons (Fsp3) is 0.333. The van der Waals surface area contributed by atoms with Crippen molar-refractivity contribution in [3.8, 4) is 0 Å². The molecule has 1 aromatic carbocycles. The summed E-state index contributed by atoms with van der Waals surface area (Å²) in [5.41, 5.74) is -0.384. The van der Waals surface area contributed by atoms with Gasteiger partial charge < -0.3 is 9.84 Å². The van der Waals surface area contributed by atoms with Crippen LogP contribution in [0.2, 0.25) is 0 Å². The fourth-order valence-corrected chi connectivity index (χ4v) is 1.68. The third kappa shape index (κ3) is 3.78. The van der Waals surface area contributed by atoms with Crippen LogP contribution in [0.1, 0.15) is 17.0 Å². The lowest BCUT2D eigenvalue weighted by Crippen LogP contribution is -2.20. The van der Waals surface area contributed by atoms with E-state index in [9.17, 15) is 13.2 Å². The molecule has 0 atom stereocenters. The van der Waals surface area contributed by atoms with Crippen molar-refractivity contribution in [2.75, 3.05) is 6.54 Å². The number of aromatic nitrogens is 2. The lowest BCUT2D eigenvalue weighted by Gasteiger charge is -2.12. The van der Waals surface area contributed by atoms with Crippen molar-refractivity contribution in [2.24, 2.45) is 0 Å². The second-order valence-electron chi connectivity index (χ2n) is 3.93. The Morgan fingerprint density at radius 3 is 2.68 bits per heavy atom. The van der Waals surface area contributed by atoms with Crippen molar-refractivity contribution >= 4 is 0 Å². The standard InChI is InChI=1S/C12H12F3N3O/c13-12(14,15)10-4-2-1-3-9(10)7-16-6-5-11-17-8-19-18-11/h1-4,8,16H,5-7H2. The minimum absolute atomic E-state index is 0.146. The molecule has 102 valence electrons. The minimum Gasteiger partial charge on any atom is -0.343 e. The van der Waals surface area contributed by atoms with E-state index in [4.69, 9.17) is 0 Å². The third-order valence-corrected chi connectivity index (χ3v) is 2.57.